The fourth-order valence-electron chi connectivity index (χ4n) is 0.0833. The van der Waals surface area contributed by atoms with Crippen LogP contribution in [0.15, 0.2) is 0 Å². The van der Waals surface area contributed by atoms with E-state index >= 15 is 0 Å². The lowest BCUT2D eigenvalue weighted by Crippen LogP contribution is -2.28. The van der Waals surface area contributed by atoms with E-state index in [-0.39, 0.29) is 0 Å². The van der Waals surface area contributed by atoms with Gasteiger partial charge >= 0.3 is 0 Å². The molecule has 0 amide bonds. The molecule has 0 saturated carbocycles. The zero-order chi connectivity index (χ0) is 6.12. The lowest BCUT2D eigenvalue weighted by Gasteiger charge is -1.87. The molecule has 0 aliphatic heterocycles. The molecule has 0 saturated heterocycles. The highest BCUT2D eigenvalue weighted by Gasteiger charge is 1.61. The highest BCUT2D eigenvalue weighted by molar-refractivity contribution is 4.23. The quantitative estimate of drug-likeness (QED) is 0.412. The summed E-state index contributed by atoms with van der Waals surface area (Å²) in [6.45, 7) is 4.94. The fourth-order valence-corrected chi connectivity index (χ4v) is 0.0833. The number of nitrogens with one attached hydrogen (secondary N) is 1. The van der Waals surface area contributed by atoms with Gasteiger partial charge in [-0.25, -0.2) is 0 Å². The molecule has 0 radical (unpaired) electrons. The Kier molecular flexibility index (Phi) is 24.1. The van der Waals surface area contributed by atoms with Gasteiger partial charge in [-0.3, -0.25) is 5.32 Å². The van der Waals surface area contributed by atoms with Gasteiger partial charge in [-0.1, -0.05) is 13.8 Å². The van der Waals surface area contributed by atoms with Crippen LogP contribution in [0.2, 0.25) is 0 Å². The van der Waals surface area contributed by atoms with E-state index in [9.17, 15) is 0 Å². The molecule has 0 aliphatic carbocycles. The van der Waals surface area contributed by atoms with Gasteiger partial charge in [0.2, 0.25) is 0 Å². The van der Waals surface area contributed by atoms with Gasteiger partial charge in [0.1, 0.15) is 0 Å². The normalized spacial score (nSPS) is 6.86. The summed E-state index contributed by atoms with van der Waals surface area (Å²) in [5, 5.41) is 2.67. The first-order valence-electron chi connectivity index (χ1n) is 2.52. The molecular weight excluding hydrogens is 90.1 g/mol. The predicted octanol–water partition coefficient (Wildman–Crippen LogP) is -0.565. The van der Waals surface area contributed by atoms with Crippen molar-refractivity contribution in [2.75, 3.05) is 13.3 Å². The summed E-state index contributed by atoms with van der Waals surface area (Å²) in [6, 6.07) is 0. The zero-order valence-corrected chi connectivity index (χ0v) is 5.07. The van der Waals surface area contributed by atoms with Crippen LogP contribution in [0.25, 0.3) is 0 Å². The van der Waals surface area contributed by atoms with Crippen LogP contribution in [-0.2, 0) is 0 Å². The van der Waals surface area contributed by atoms with Gasteiger partial charge in [0.05, 0.1) is 0 Å². The van der Waals surface area contributed by atoms with E-state index in [1.165, 1.54) is 0 Å². The second kappa shape index (κ2) is 16.9. The minimum absolute atomic E-state index is 0.469. The van der Waals surface area contributed by atoms with E-state index in [1.807, 2.05) is 13.8 Å². The maximum atomic E-state index is 4.95. The molecule has 0 rings (SSSR count). The Morgan fingerprint density at radius 1 is 1.14 bits per heavy atom. The molecular formula is C4H15N3. The first-order valence-corrected chi connectivity index (χ1v) is 2.52. The molecule has 3 nitrogen and oxygen atoms in total. The highest BCUT2D eigenvalue weighted by Crippen LogP contribution is 1.26. The second-order valence-corrected chi connectivity index (χ2v) is 0.658. The Morgan fingerprint density at radius 3 is 1.43 bits per heavy atom. The van der Waals surface area contributed by atoms with Crippen molar-refractivity contribution in [1.82, 2.24) is 5.32 Å². The molecule has 0 aliphatic rings. The molecule has 0 spiro atoms. The summed E-state index contributed by atoms with van der Waals surface area (Å²) < 4.78 is 0. The van der Waals surface area contributed by atoms with Crippen molar-refractivity contribution in [2.24, 2.45) is 11.5 Å². The summed E-state index contributed by atoms with van der Waals surface area (Å²) in [4.78, 5) is 0. The third-order valence-corrected chi connectivity index (χ3v) is 0.289. The van der Waals surface area contributed by atoms with Crippen molar-refractivity contribution in [3.63, 3.8) is 0 Å². The second-order valence-electron chi connectivity index (χ2n) is 0.658. The monoisotopic (exact) mass is 105 g/mol. The van der Waals surface area contributed by atoms with Gasteiger partial charge in [-0.2, -0.15) is 0 Å². The predicted molar refractivity (Wildman–Crippen MR) is 32.6 cm³/mol. The van der Waals surface area contributed by atoms with E-state index in [1.54, 1.807) is 0 Å². The smallest absolute Gasteiger partial charge is 0.0439 e. The van der Waals surface area contributed by atoms with Crippen LogP contribution >= 0.6 is 0 Å². The first kappa shape index (κ1) is 9.99. The molecule has 0 unspecified atom stereocenters. The minimum atomic E-state index is 0.469. The number of hydrogen-bond donors (Lipinski definition) is 3. The van der Waals surface area contributed by atoms with E-state index in [4.69, 9.17) is 11.5 Å². The Hall–Kier alpha value is -0.120. The summed E-state index contributed by atoms with van der Waals surface area (Å²) in [6.07, 6.45) is 0. The number of hydrogen-bond acceptors (Lipinski definition) is 3. The molecule has 7 heavy (non-hydrogen) atoms. The maximum Gasteiger partial charge on any atom is 0.0439 e. The van der Waals surface area contributed by atoms with Crippen molar-refractivity contribution in [3.05, 3.63) is 0 Å². The first-order chi connectivity index (χ1) is 3.41. The van der Waals surface area contributed by atoms with Crippen LogP contribution in [0.3, 0.4) is 0 Å². The van der Waals surface area contributed by atoms with Crippen LogP contribution in [-0.4, -0.2) is 13.3 Å². The van der Waals surface area contributed by atoms with Gasteiger partial charge in [0.25, 0.3) is 0 Å². The molecule has 0 bridgehead atoms. The standard InChI is InChI=1S/C2H9N3.C2H6/c3-1-5-2-4;1-2/h5H,1-4H2;1-2H3. The van der Waals surface area contributed by atoms with Crippen LogP contribution < -0.4 is 16.8 Å². The van der Waals surface area contributed by atoms with Crippen LogP contribution in [0.5, 0.6) is 0 Å². The molecule has 0 aromatic carbocycles. The van der Waals surface area contributed by atoms with Gasteiger partial charge in [0.15, 0.2) is 0 Å². The molecule has 3 heteroatoms. The topological polar surface area (TPSA) is 64.1 Å². The Balaban J connectivity index is 0. The third-order valence-electron chi connectivity index (χ3n) is 0.289. The molecule has 0 aromatic rings. The lowest BCUT2D eigenvalue weighted by molar-refractivity contribution is 0.724. The van der Waals surface area contributed by atoms with E-state index < -0.39 is 0 Å². The van der Waals surface area contributed by atoms with Gasteiger partial charge in [0, 0.05) is 13.3 Å². The van der Waals surface area contributed by atoms with Crippen molar-refractivity contribution in [2.45, 2.75) is 13.8 Å². The summed E-state index contributed by atoms with van der Waals surface area (Å²) in [7, 11) is 0. The lowest BCUT2D eigenvalue weighted by atomic mass is 11.0. The summed E-state index contributed by atoms with van der Waals surface area (Å²) in [5.74, 6) is 0. The van der Waals surface area contributed by atoms with Crippen LogP contribution in [0.1, 0.15) is 13.8 Å². The maximum absolute atomic E-state index is 4.95. The number of rotatable bonds is 2. The summed E-state index contributed by atoms with van der Waals surface area (Å²) >= 11 is 0. The van der Waals surface area contributed by atoms with Gasteiger partial charge in [-0.15, -0.1) is 0 Å². The van der Waals surface area contributed by atoms with Gasteiger partial charge in [-0.05, 0) is 0 Å². The third kappa shape index (κ3) is 25.0. The average molecular weight is 105 g/mol. The average Bonchev–Trinajstić information content (AvgIpc) is 1.75. The van der Waals surface area contributed by atoms with E-state index in [2.05, 4.69) is 5.32 Å². The van der Waals surface area contributed by atoms with E-state index in [0.29, 0.717) is 13.3 Å². The highest BCUT2D eigenvalue weighted by atomic mass is 15.0. The van der Waals surface area contributed by atoms with Crippen LogP contribution in [0, 0.1) is 0 Å². The largest absolute Gasteiger partial charge is 0.318 e. The minimum Gasteiger partial charge on any atom is -0.318 e. The van der Waals surface area contributed by atoms with E-state index in [0.717, 1.165) is 0 Å². The Morgan fingerprint density at radius 2 is 1.43 bits per heavy atom. The molecule has 5 N–H and O–H groups in total. The molecule has 46 valence electrons. The van der Waals surface area contributed by atoms with Crippen molar-refractivity contribution >= 4 is 0 Å². The molecule has 0 aromatic heterocycles. The zero-order valence-electron chi connectivity index (χ0n) is 5.07. The Bertz CT molecular complexity index is 14.4. The van der Waals surface area contributed by atoms with Crippen molar-refractivity contribution in [3.8, 4) is 0 Å². The SMILES string of the molecule is CC.NCNCN. The Labute approximate surface area is 45.1 Å². The molecule has 0 heterocycles. The van der Waals surface area contributed by atoms with Crippen molar-refractivity contribution < 1.29 is 0 Å². The van der Waals surface area contributed by atoms with Crippen molar-refractivity contribution in [1.29, 1.82) is 0 Å². The van der Waals surface area contributed by atoms with Gasteiger partial charge < -0.3 is 11.5 Å². The fraction of sp³-hybridized carbons (Fsp3) is 1.00. The number of nitrogens with two attached hydrogens (primary N) is 2. The molecule has 0 fully saturated rings. The van der Waals surface area contributed by atoms with Crippen LogP contribution in [0.4, 0.5) is 0 Å². The summed E-state index contributed by atoms with van der Waals surface area (Å²) in [5.41, 5.74) is 9.90. The molecule has 0 atom stereocenters.